The summed E-state index contributed by atoms with van der Waals surface area (Å²) in [7, 11) is 0. The predicted molar refractivity (Wildman–Crippen MR) is 129 cm³/mol. The maximum Gasteiger partial charge on any atom is 0.307 e. The van der Waals surface area contributed by atoms with E-state index >= 15 is 0 Å². The van der Waals surface area contributed by atoms with Gasteiger partial charge in [-0.3, -0.25) is 14.4 Å². The first-order valence-electron chi connectivity index (χ1n) is 11.2. The van der Waals surface area contributed by atoms with Gasteiger partial charge in [0.15, 0.2) is 0 Å². The second kappa shape index (κ2) is 11.1. The van der Waals surface area contributed by atoms with E-state index in [4.69, 9.17) is 11.6 Å². The van der Waals surface area contributed by atoms with Crippen LogP contribution >= 0.6 is 22.9 Å². The summed E-state index contributed by atoms with van der Waals surface area (Å²) in [4.78, 5) is 39.5. The summed E-state index contributed by atoms with van der Waals surface area (Å²) < 4.78 is 0. The number of nitrogens with one attached hydrogen (secondary N) is 1. The highest BCUT2D eigenvalue weighted by Crippen LogP contribution is 2.34. The molecule has 2 atom stereocenters. The van der Waals surface area contributed by atoms with Crippen LogP contribution in [0.15, 0.2) is 24.3 Å². The standard InChI is InChI=1S/C25H30ClNO4S/c1-3-18-15(2)32-22(23(18)24(29)27-17-9-6-8-16(26)14-17)13-7-12-21(28)19-10-4-5-11-20(19)25(30)31/h6,8-9,14,19-20H,3-5,7,10-13H2,1-2H3,(H,27,29)(H,30,31). The molecule has 2 N–H and O–H groups in total. The van der Waals surface area contributed by atoms with Gasteiger partial charge in [0.1, 0.15) is 5.78 Å². The molecular weight excluding hydrogens is 446 g/mol. The Labute approximate surface area is 198 Å². The van der Waals surface area contributed by atoms with Gasteiger partial charge in [-0.2, -0.15) is 0 Å². The number of carbonyl (C=O) groups is 3. The quantitative estimate of drug-likeness (QED) is 0.445. The van der Waals surface area contributed by atoms with Crippen molar-refractivity contribution in [2.24, 2.45) is 11.8 Å². The number of hydrogen-bond acceptors (Lipinski definition) is 4. The molecule has 2 aromatic rings. The van der Waals surface area contributed by atoms with Gasteiger partial charge >= 0.3 is 5.97 Å². The van der Waals surface area contributed by atoms with E-state index < -0.39 is 11.9 Å². The number of aliphatic carboxylic acids is 1. The molecule has 5 nitrogen and oxygen atoms in total. The third-order valence-corrected chi connectivity index (χ3v) is 7.71. The Hall–Kier alpha value is -2.18. The third kappa shape index (κ3) is 5.78. The van der Waals surface area contributed by atoms with Crippen LogP contribution in [0.5, 0.6) is 0 Å². The Balaban J connectivity index is 1.69. The van der Waals surface area contributed by atoms with Gasteiger partial charge in [0.25, 0.3) is 5.91 Å². The van der Waals surface area contributed by atoms with E-state index in [0.717, 1.165) is 34.6 Å². The Kier molecular flexibility index (Phi) is 8.49. The summed E-state index contributed by atoms with van der Waals surface area (Å²) in [6.45, 7) is 4.06. The average Bonchev–Trinajstić information content (AvgIpc) is 3.08. The SMILES string of the molecule is CCc1c(C)sc(CCCC(=O)C2CCCCC2C(=O)O)c1C(=O)Nc1cccc(Cl)c1. The van der Waals surface area contributed by atoms with Crippen LogP contribution in [0, 0.1) is 18.8 Å². The average molecular weight is 476 g/mol. The van der Waals surface area contributed by atoms with Crippen molar-refractivity contribution in [3.05, 3.63) is 50.2 Å². The summed E-state index contributed by atoms with van der Waals surface area (Å²) in [5.41, 5.74) is 2.38. The second-order valence-corrected chi connectivity index (χ2v) is 10.2. The van der Waals surface area contributed by atoms with Crippen LogP contribution in [0.1, 0.15) is 71.1 Å². The van der Waals surface area contributed by atoms with E-state index in [0.29, 0.717) is 48.4 Å². The summed E-state index contributed by atoms with van der Waals surface area (Å²) in [6, 6.07) is 7.06. The molecule has 0 saturated heterocycles. The minimum Gasteiger partial charge on any atom is -0.481 e. The van der Waals surface area contributed by atoms with E-state index in [9.17, 15) is 19.5 Å². The largest absolute Gasteiger partial charge is 0.481 e. The van der Waals surface area contributed by atoms with Gasteiger partial charge < -0.3 is 10.4 Å². The van der Waals surface area contributed by atoms with Crippen molar-refractivity contribution in [3.8, 4) is 0 Å². The van der Waals surface area contributed by atoms with Crippen molar-refractivity contribution in [3.63, 3.8) is 0 Å². The lowest BCUT2D eigenvalue weighted by Crippen LogP contribution is -2.32. The molecule has 2 unspecified atom stereocenters. The molecule has 1 aromatic heterocycles. The molecule has 1 amide bonds. The van der Waals surface area contributed by atoms with Crippen LogP contribution < -0.4 is 5.32 Å². The molecule has 1 aliphatic rings. The first-order valence-corrected chi connectivity index (χ1v) is 12.4. The molecule has 172 valence electrons. The smallest absolute Gasteiger partial charge is 0.307 e. The molecule has 3 rings (SSSR count). The number of aryl methyl sites for hydroxylation is 2. The fourth-order valence-corrected chi connectivity index (χ4v) is 6.18. The maximum absolute atomic E-state index is 13.1. The van der Waals surface area contributed by atoms with Crippen LogP contribution in [-0.2, 0) is 22.4 Å². The third-order valence-electron chi connectivity index (χ3n) is 6.27. The van der Waals surface area contributed by atoms with E-state index in [1.807, 2.05) is 13.8 Å². The molecule has 1 heterocycles. The van der Waals surface area contributed by atoms with Crippen LogP contribution in [0.3, 0.4) is 0 Å². The van der Waals surface area contributed by atoms with Gasteiger partial charge in [-0.15, -0.1) is 11.3 Å². The van der Waals surface area contributed by atoms with Crippen molar-refractivity contribution in [2.45, 2.75) is 65.2 Å². The van der Waals surface area contributed by atoms with Crippen LogP contribution in [0.2, 0.25) is 5.02 Å². The molecule has 7 heteroatoms. The molecule has 1 saturated carbocycles. The van der Waals surface area contributed by atoms with Crippen molar-refractivity contribution in [1.82, 2.24) is 0 Å². The summed E-state index contributed by atoms with van der Waals surface area (Å²) in [6.07, 6.45) is 5.38. The number of carbonyl (C=O) groups excluding carboxylic acids is 2. The number of carboxylic acids is 1. The van der Waals surface area contributed by atoms with Gasteiger partial charge in [-0.05, 0) is 62.8 Å². The number of Topliss-reactive ketones (excluding diaryl/α,β-unsaturated/α-hetero) is 1. The first kappa shape index (κ1) is 24.5. The van der Waals surface area contributed by atoms with E-state index in [-0.39, 0.29) is 17.6 Å². The Morgan fingerprint density at radius 3 is 2.56 bits per heavy atom. The number of thiophene rings is 1. The van der Waals surface area contributed by atoms with Crippen molar-refractivity contribution < 1.29 is 19.5 Å². The fraction of sp³-hybridized carbons (Fsp3) is 0.480. The lowest BCUT2D eigenvalue weighted by Gasteiger charge is -2.27. The molecular formula is C25H30ClNO4S. The number of hydrogen-bond donors (Lipinski definition) is 2. The zero-order valence-corrected chi connectivity index (χ0v) is 20.2. The van der Waals surface area contributed by atoms with Crippen LogP contribution in [0.4, 0.5) is 5.69 Å². The molecule has 32 heavy (non-hydrogen) atoms. The number of halogens is 1. The van der Waals surface area contributed by atoms with Gasteiger partial charge in [0, 0.05) is 32.8 Å². The number of rotatable bonds is 9. The van der Waals surface area contributed by atoms with Gasteiger partial charge in [-0.25, -0.2) is 0 Å². The Morgan fingerprint density at radius 2 is 1.91 bits per heavy atom. The molecule has 0 bridgehead atoms. The fourth-order valence-electron chi connectivity index (χ4n) is 4.69. The normalized spacial score (nSPS) is 18.3. The summed E-state index contributed by atoms with van der Waals surface area (Å²) in [5.74, 6) is -1.89. The highest BCUT2D eigenvalue weighted by molar-refractivity contribution is 7.12. The van der Waals surface area contributed by atoms with Crippen LogP contribution in [-0.4, -0.2) is 22.8 Å². The van der Waals surface area contributed by atoms with Gasteiger partial charge in [0.05, 0.1) is 11.5 Å². The van der Waals surface area contributed by atoms with Gasteiger partial charge in [0.2, 0.25) is 0 Å². The molecule has 1 aliphatic carbocycles. The first-order chi connectivity index (χ1) is 15.3. The Bertz CT molecular complexity index is 1000. The summed E-state index contributed by atoms with van der Waals surface area (Å²) in [5, 5.41) is 13.0. The minimum absolute atomic E-state index is 0.0472. The highest BCUT2D eigenvalue weighted by Gasteiger charge is 2.35. The van der Waals surface area contributed by atoms with Crippen molar-refractivity contribution in [1.29, 1.82) is 0 Å². The number of ketones is 1. The number of benzene rings is 1. The van der Waals surface area contributed by atoms with E-state index in [1.54, 1.807) is 35.6 Å². The molecule has 0 spiro atoms. The highest BCUT2D eigenvalue weighted by atomic mass is 35.5. The summed E-state index contributed by atoms with van der Waals surface area (Å²) >= 11 is 7.65. The van der Waals surface area contributed by atoms with Crippen molar-refractivity contribution >= 4 is 46.3 Å². The minimum atomic E-state index is -0.857. The Morgan fingerprint density at radius 1 is 1.19 bits per heavy atom. The van der Waals surface area contributed by atoms with E-state index in [1.165, 1.54) is 0 Å². The zero-order chi connectivity index (χ0) is 23.3. The van der Waals surface area contributed by atoms with Crippen molar-refractivity contribution in [2.75, 3.05) is 5.32 Å². The zero-order valence-electron chi connectivity index (χ0n) is 18.6. The molecule has 0 aliphatic heterocycles. The monoisotopic (exact) mass is 475 g/mol. The molecule has 0 radical (unpaired) electrons. The van der Waals surface area contributed by atoms with Gasteiger partial charge in [-0.1, -0.05) is 37.4 Å². The topological polar surface area (TPSA) is 83.5 Å². The molecule has 1 aromatic carbocycles. The molecule has 1 fully saturated rings. The second-order valence-electron chi connectivity index (χ2n) is 8.41. The van der Waals surface area contributed by atoms with E-state index in [2.05, 4.69) is 5.32 Å². The lowest BCUT2D eigenvalue weighted by molar-refractivity contribution is -0.148. The number of amides is 1. The number of carboxylic acid groups (broad SMARTS) is 1. The lowest BCUT2D eigenvalue weighted by atomic mass is 9.76. The van der Waals surface area contributed by atoms with Crippen LogP contribution in [0.25, 0.3) is 0 Å². The number of anilines is 1. The maximum atomic E-state index is 13.1. The predicted octanol–water partition coefficient (Wildman–Crippen LogP) is 6.31.